The van der Waals surface area contributed by atoms with Gasteiger partial charge < -0.3 is 10.2 Å². The van der Waals surface area contributed by atoms with E-state index in [1.807, 2.05) is 12.3 Å². The van der Waals surface area contributed by atoms with Gasteiger partial charge in [-0.15, -0.1) is 11.3 Å². The predicted octanol–water partition coefficient (Wildman–Crippen LogP) is 2.66. The summed E-state index contributed by atoms with van der Waals surface area (Å²) in [7, 11) is -3.37. The molecule has 0 spiro atoms. The number of carbonyl (C=O) groups is 1. The second-order valence-corrected chi connectivity index (χ2v) is 10.1. The molecule has 1 amide bonds. The number of nitrogens with one attached hydrogen (secondary N) is 1. The Morgan fingerprint density at radius 1 is 1.29 bits per heavy atom. The van der Waals surface area contributed by atoms with E-state index in [4.69, 9.17) is 11.6 Å². The van der Waals surface area contributed by atoms with Crippen LogP contribution in [-0.2, 0) is 14.6 Å². The third kappa shape index (κ3) is 5.44. The fourth-order valence-electron chi connectivity index (χ4n) is 3.03. The number of aromatic nitrogens is 1. The minimum Gasteiger partial charge on any atom is -0.347 e. The van der Waals surface area contributed by atoms with Crippen LogP contribution in [0.3, 0.4) is 0 Å². The average Bonchev–Trinajstić information content (AvgIpc) is 2.91. The van der Waals surface area contributed by atoms with Gasteiger partial charge >= 0.3 is 0 Å². The second-order valence-electron chi connectivity index (χ2n) is 6.85. The molecule has 28 heavy (non-hydrogen) atoms. The molecule has 0 radical (unpaired) electrons. The molecule has 10 heteroatoms. The molecule has 7 nitrogen and oxygen atoms in total. The van der Waals surface area contributed by atoms with Crippen LogP contribution in [-0.4, -0.2) is 63.2 Å². The maximum Gasteiger partial charge on any atom is 0.238 e. The van der Waals surface area contributed by atoms with Crippen LogP contribution in [0.5, 0.6) is 0 Å². The van der Waals surface area contributed by atoms with Crippen molar-refractivity contribution in [2.75, 3.05) is 49.2 Å². The van der Waals surface area contributed by atoms with Crippen LogP contribution >= 0.6 is 22.9 Å². The normalized spacial score (nSPS) is 16.0. The van der Waals surface area contributed by atoms with Gasteiger partial charge in [-0.05, 0) is 31.5 Å². The monoisotopic (exact) mass is 442 g/mol. The molecule has 0 aliphatic carbocycles. The van der Waals surface area contributed by atoms with E-state index in [2.05, 4.69) is 20.1 Å². The molecule has 1 aromatic heterocycles. The first kappa shape index (κ1) is 21.0. The van der Waals surface area contributed by atoms with Crippen LogP contribution < -0.4 is 10.2 Å². The van der Waals surface area contributed by atoms with Crippen molar-refractivity contribution in [3.63, 3.8) is 0 Å². The number of aryl methyl sites for hydroxylation is 1. The molecule has 1 aromatic carbocycles. The van der Waals surface area contributed by atoms with Crippen molar-refractivity contribution in [3.8, 4) is 0 Å². The van der Waals surface area contributed by atoms with Gasteiger partial charge in [0.1, 0.15) is 0 Å². The molecular weight excluding hydrogens is 420 g/mol. The molecule has 0 atom stereocenters. The summed E-state index contributed by atoms with van der Waals surface area (Å²) < 4.78 is 23.4. The van der Waals surface area contributed by atoms with Crippen molar-refractivity contribution >= 4 is 49.5 Å². The summed E-state index contributed by atoms with van der Waals surface area (Å²) in [5, 5.41) is 6.11. The fourth-order valence-corrected chi connectivity index (χ4v) is 4.70. The van der Waals surface area contributed by atoms with Gasteiger partial charge in [-0.1, -0.05) is 11.6 Å². The number of nitrogens with zero attached hydrogens (tertiary/aromatic N) is 3. The van der Waals surface area contributed by atoms with Gasteiger partial charge in [0.2, 0.25) is 5.91 Å². The molecule has 152 valence electrons. The van der Waals surface area contributed by atoms with Gasteiger partial charge in [-0.2, -0.15) is 0 Å². The Balaban J connectivity index is 1.59. The summed E-state index contributed by atoms with van der Waals surface area (Å²) in [4.78, 5) is 21.5. The molecule has 1 saturated heterocycles. The number of anilines is 2. The Morgan fingerprint density at radius 2 is 2.07 bits per heavy atom. The molecule has 3 rings (SSSR count). The smallest absolute Gasteiger partial charge is 0.238 e. The van der Waals surface area contributed by atoms with E-state index in [0.29, 0.717) is 10.7 Å². The average molecular weight is 443 g/mol. The Hall–Kier alpha value is -1.68. The van der Waals surface area contributed by atoms with E-state index in [0.717, 1.165) is 49.7 Å². The summed E-state index contributed by atoms with van der Waals surface area (Å²) >= 11 is 7.75. The van der Waals surface area contributed by atoms with Gasteiger partial charge in [-0.3, -0.25) is 9.69 Å². The van der Waals surface area contributed by atoms with E-state index in [-0.39, 0.29) is 17.3 Å². The van der Waals surface area contributed by atoms with E-state index < -0.39 is 9.84 Å². The molecule has 0 unspecified atom stereocenters. The first-order valence-electron chi connectivity index (χ1n) is 8.91. The first-order chi connectivity index (χ1) is 13.2. The maximum absolute atomic E-state index is 12.5. The highest BCUT2D eigenvalue weighted by Crippen LogP contribution is 2.25. The number of benzene rings is 1. The number of hydrogen-bond acceptors (Lipinski definition) is 7. The summed E-state index contributed by atoms with van der Waals surface area (Å²) in [6.07, 6.45) is 2.06. The number of amides is 1. The highest BCUT2D eigenvalue weighted by Gasteiger charge is 2.20. The lowest BCUT2D eigenvalue weighted by Crippen LogP contribution is -2.36. The van der Waals surface area contributed by atoms with Crippen LogP contribution in [0.1, 0.15) is 12.1 Å². The van der Waals surface area contributed by atoms with Gasteiger partial charge in [-0.25, -0.2) is 13.4 Å². The summed E-state index contributed by atoms with van der Waals surface area (Å²) in [5.74, 6) is -0.217. The summed E-state index contributed by atoms with van der Waals surface area (Å²) in [5.41, 5.74) is 1.33. The van der Waals surface area contributed by atoms with E-state index in [1.54, 1.807) is 11.3 Å². The van der Waals surface area contributed by atoms with Crippen molar-refractivity contribution in [2.24, 2.45) is 0 Å². The number of sulfone groups is 1. The molecule has 1 fully saturated rings. The maximum atomic E-state index is 12.5. The fraction of sp³-hybridized carbons (Fsp3) is 0.444. The zero-order valence-electron chi connectivity index (χ0n) is 15.8. The third-order valence-electron chi connectivity index (χ3n) is 4.47. The van der Waals surface area contributed by atoms with Crippen LogP contribution in [0.2, 0.25) is 5.02 Å². The van der Waals surface area contributed by atoms with Gasteiger partial charge in [0.05, 0.1) is 27.8 Å². The molecule has 1 aliphatic rings. The van der Waals surface area contributed by atoms with Crippen molar-refractivity contribution in [2.45, 2.75) is 18.2 Å². The Morgan fingerprint density at radius 3 is 2.75 bits per heavy atom. The Kier molecular flexibility index (Phi) is 6.59. The largest absolute Gasteiger partial charge is 0.347 e. The SMILES string of the molecule is Cc1csc(N2CCCN(CC(=O)Nc3cc(S(C)(=O)=O)ccc3Cl)CC2)n1. The molecule has 1 aliphatic heterocycles. The lowest BCUT2D eigenvalue weighted by atomic mass is 10.3. The molecule has 1 N–H and O–H groups in total. The lowest BCUT2D eigenvalue weighted by molar-refractivity contribution is -0.117. The molecule has 0 bridgehead atoms. The Bertz CT molecular complexity index is 961. The number of halogens is 1. The van der Waals surface area contributed by atoms with Crippen molar-refractivity contribution < 1.29 is 13.2 Å². The zero-order chi connectivity index (χ0) is 20.3. The zero-order valence-corrected chi connectivity index (χ0v) is 18.2. The predicted molar refractivity (Wildman–Crippen MR) is 113 cm³/mol. The van der Waals surface area contributed by atoms with Crippen molar-refractivity contribution in [3.05, 3.63) is 34.3 Å². The number of hydrogen-bond donors (Lipinski definition) is 1. The van der Waals surface area contributed by atoms with Gasteiger partial charge in [0.25, 0.3) is 0 Å². The number of carbonyl (C=O) groups excluding carboxylic acids is 1. The number of thiazole rings is 1. The van der Waals surface area contributed by atoms with Crippen LogP contribution in [0.15, 0.2) is 28.5 Å². The van der Waals surface area contributed by atoms with E-state index in [1.165, 1.54) is 18.2 Å². The highest BCUT2D eigenvalue weighted by molar-refractivity contribution is 7.90. The summed E-state index contributed by atoms with van der Waals surface area (Å²) in [6, 6.07) is 4.30. The van der Waals surface area contributed by atoms with Crippen LogP contribution in [0.4, 0.5) is 10.8 Å². The van der Waals surface area contributed by atoms with Crippen LogP contribution in [0, 0.1) is 6.92 Å². The van der Waals surface area contributed by atoms with Crippen LogP contribution in [0.25, 0.3) is 0 Å². The van der Waals surface area contributed by atoms with Gasteiger partial charge in [0.15, 0.2) is 15.0 Å². The van der Waals surface area contributed by atoms with E-state index in [9.17, 15) is 13.2 Å². The highest BCUT2D eigenvalue weighted by atomic mass is 35.5. The van der Waals surface area contributed by atoms with Crippen molar-refractivity contribution in [1.82, 2.24) is 9.88 Å². The molecule has 0 saturated carbocycles. The van der Waals surface area contributed by atoms with E-state index >= 15 is 0 Å². The summed E-state index contributed by atoms with van der Waals surface area (Å²) in [6.45, 7) is 5.49. The molecule has 2 heterocycles. The lowest BCUT2D eigenvalue weighted by Gasteiger charge is -2.21. The third-order valence-corrected chi connectivity index (χ3v) is 6.93. The number of rotatable bonds is 5. The second kappa shape index (κ2) is 8.77. The minimum atomic E-state index is -3.37. The Labute approximate surface area is 174 Å². The minimum absolute atomic E-state index is 0.122. The van der Waals surface area contributed by atoms with Crippen molar-refractivity contribution in [1.29, 1.82) is 0 Å². The quantitative estimate of drug-likeness (QED) is 0.766. The topological polar surface area (TPSA) is 82.6 Å². The first-order valence-corrected chi connectivity index (χ1v) is 12.1. The molecular formula is C18H23ClN4O3S2. The standard InChI is InChI=1S/C18H23ClN4O3S2/c1-13-12-27-18(20-13)23-7-3-6-22(8-9-23)11-17(24)21-16-10-14(28(2,25)26)4-5-15(16)19/h4-5,10,12H,3,6-9,11H2,1-2H3,(H,21,24). The van der Waals surface area contributed by atoms with Gasteiger partial charge in [0, 0.05) is 37.8 Å². The molecule has 2 aromatic rings.